The van der Waals surface area contributed by atoms with Gasteiger partial charge in [0.15, 0.2) is 15.9 Å². The third-order valence-electron chi connectivity index (χ3n) is 3.88. The number of benzene rings is 1. The summed E-state index contributed by atoms with van der Waals surface area (Å²) in [6.07, 6.45) is 0. The molecule has 0 aliphatic rings. The van der Waals surface area contributed by atoms with Gasteiger partial charge in [-0.15, -0.1) is 0 Å². The normalized spacial score (nSPS) is 10.8. The Morgan fingerprint density at radius 3 is 2.44 bits per heavy atom. The number of para-hydroxylation sites is 1. The number of aromatic nitrogens is 4. The third-order valence-corrected chi connectivity index (χ3v) is 4.48. The highest BCUT2D eigenvalue weighted by atomic mass is 79.9. The SMILES string of the molecule is Cn1c(=O)c2nc(Br)n(CC(=O)NC(=O)Nc3ccccc3)c2n(C)c1=O. The molecule has 0 atom stereocenters. The molecule has 0 bridgehead atoms. The summed E-state index contributed by atoms with van der Waals surface area (Å²) < 4.78 is 3.67. The number of nitrogens with zero attached hydrogens (tertiary/aromatic N) is 4. The molecule has 10 nitrogen and oxygen atoms in total. The van der Waals surface area contributed by atoms with Crippen molar-refractivity contribution < 1.29 is 9.59 Å². The molecule has 0 spiro atoms. The van der Waals surface area contributed by atoms with Crippen molar-refractivity contribution in [3.05, 3.63) is 55.9 Å². The molecule has 0 aliphatic heterocycles. The smallest absolute Gasteiger partial charge is 0.308 e. The molecule has 0 aliphatic carbocycles. The van der Waals surface area contributed by atoms with E-state index in [1.807, 2.05) is 0 Å². The van der Waals surface area contributed by atoms with Gasteiger partial charge in [-0.3, -0.25) is 28.6 Å². The lowest BCUT2D eigenvalue weighted by molar-refractivity contribution is -0.120. The third kappa shape index (κ3) is 3.53. The highest BCUT2D eigenvalue weighted by molar-refractivity contribution is 9.10. The first kappa shape index (κ1) is 18.6. The van der Waals surface area contributed by atoms with Crippen LogP contribution in [0.2, 0.25) is 0 Å². The number of carbonyl (C=O) groups is 2. The lowest BCUT2D eigenvalue weighted by Crippen LogP contribution is -2.39. The van der Waals surface area contributed by atoms with Gasteiger partial charge in [-0.1, -0.05) is 18.2 Å². The zero-order valence-electron chi connectivity index (χ0n) is 14.4. The van der Waals surface area contributed by atoms with E-state index >= 15 is 0 Å². The maximum absolute atomic E-state index is 12.2. The number of rotatable bonds is 3. The van der Waals surface area contributed by atoms with Crippen molar-refractivity contribution in [3.63, 3.8) is 0 Å². The van der Waals surface area contributed by atoms with Crippen LogP contribution in [0, 0.1) is 0 Å². The number of imide groups is 1. The predicted octanol–water partition coefficient (Wildman–Crippen LogP) is 0.544. The lowest BCUT2D eigenvalue weighted by atomic mass is 10.3. The molecular weight excluding hydrogens is 420 g/mol. The number of hydrogen-bond donors (Lipinski definition) is 2. The molecule has 0 fully saturated rings. The standard InChI is InChI=1S/C16H15BrN6O4/c1-21-12-11(13(25)22(2)16(21)27)20-14(17)23(12)8-10(24)19-15(26)18-9-6-4-3-5-7-9/h3-7H,8H2,1-2H3,(H2,18,19,24,26). The second-order valence-corrected chi connectivity index (χ2v) is 6.42. The minimum atomic E-state index is -0.698. The highest BCUT2D eigenvalue weighted by Crippen LogP contribution is 2.16. The maximum Gasteiger partial charge on any atom is 0.332 e. The van der Waals surface area contributed by atoms with Gasteiger partial charge in [0.05, 0.1) is 0 Å². The summed E-state index contributed by atoms with van der Waals surface area (Å²) in [5.74, 6) is -0.642. The van der Waals surface area contributed by atoms with Crippen LogP contribution < -0.4 is 21.9 Å². The highest BCUT2D eigenvalue weighted by Gasteiger charge is 2.20. The van der Waals surface area contributed by atoms with E-state index in [1.54, 1.807) is 30.3 Å². The van der Waals surface area contributed by atoms with Crippen molar-refractivity contribution in [3.8, 4) is 0 Å². The second-order valence-electron chi connectivity index (χ2n) is 5.71. The molecule has 27 heavy (non-hydrogen) atoms. The van der Waals surface area contributed by atoms with Crippen LogP contribution in [0.5, 0.6) is 0 Å². The molecule has 1 aromatic carbocycles. The molecule has 3 aromatic rings. The van der Waals surface area contributed by atoms with E-state index in [2.05, 4.69) is 31.5 Å². The molecule has 140 valence electrons. The van der Waals surface area contributed by atoms with Crippen molar-refractivity contribution in [1.29, 1.82) is 0 Å². The van der Waals surface area contributed by atoms with E-state index in [1.165, 1.54) is 23.2 Å². The van der Waals surface area contributed by atoms with Crippen molar-refractivity contribution in [2.45, 2.75) is 6.54 Å². The van der Waals surface area contributed by atoms with Gasteiger partial charge in [0.1, 0.15) is 6.54 Å². The fourth-order valence-electron chi connectivity index (χ4n) is 2.60. The Morgan fingerprint density at radius 1 is 1.11 bits per heavy atom. The van der Waals surface area contributed by atoms with E-state index in [4.69, 9.17) is 0 Å². The van der Waals surface area contributed by atoms with Crippen LogP contribution in [0.3, 0.4) is 0 Å². The number of imidazole rings is 1. The van der Waals surface area contributed by atoms with Gasteiger partial charge >= 0.3 is 11.7 Å². The number of halogens is 1. The minimum absolute atomic E-state index is 0.0352. The average Bonchev–Trinajstić information content (AvgIpc) is 2.95. The molecule has 0 unspecified atom stereocenters. The first-order valence-corrected chi connectivity index (χ1v) is 8.56. The summed E-state index contributed by atoms with van der Waals surface area (Å²) >= 11 is 3.18. The van der Waals surface area contributed by atoms with Crippen LogP contribution in [0.4, 0.5) is 10.5 Å². The fourth-order valence-corrected chi connectivity index (χ4v) is 3.07. The molecule has 3 rings (SSSR count). The molecular formula is C16H15BrN6O4. The Balaban J connectivity index is 1.85. The lowest BCUT2D eigenvalue weighted by Gasteiger charge is -2.10. The number of amides is 3. The van der Waals surface area contributed by atoms with E-state index in [0.29, 0.717) is 5.69 Å². The summed E-state index contributed by atoms with van der Waals surface area (Å²) in [5, 5.41) is 4.71. The zero-order valence-corrected chi connectivity index (χ0v) is 16.0. The van der Waals surface area contributed by atoms with Gasteiger partial charge in [0.25, 0.3) is 5.56 Å². The first-order valence-electron chi connectivity index (χ1n) is 7.77. The minimum Gasteiger partial charge on any atom is -0.308 e. The first-order chi connectivity index (χ1) is 12.8. The number of fused-ring (bicyclic) bond motifs is 1. The Kier molecular flexibility index (Phi) is 4.95. The van der Waals surface area contributed by atoms with Crippen molar-refractivity contribution in [2.75, 3.05) is 5.32 Å². The molecule has 2 aromatic heterocycles. The van der Waals surface area contributed by atoms with Crippen molar-refractivity contribution in [2.24, 2.45) is 14.1 Å². The van der Waals surface area contributed by atoms with E-state index < -0.39 is 23.2 Å². The number of nitrogens with one attached hydrogen (secondary N) is 2. The quantitative estimate of drug-likeness (QED) is 0.583. The topological polar surface area (TPSA) is 120 Å². The van der Waals surface area contributed by atoms with Gasteiger partial charge in [0, 0.05) is 19.8 Å². The monoisotopic (exact) mass is 434 g/mol. The van der Waals surface area contributed by atoms with Crippen LogP contribution >= 0.6 is 15.9 Å². The van der Waals surface area contributed by atoms with Crippen LogP contribution in [0.25, 0.3) is 11.2 Å². The summed E-state index contributed by atoms with van der Waals surface area (Å²) in [6, 6.07) is 7.94. The fraction of sp³-hybridized carbons (Fsp3) is 0.188. The summed E-state index contributed by atoms with van der Waals surface area (Å²) in [6.45, 7) is -0.320. The van der Waals surface area contributed by atoms with Gasteiger partial charge in [0.2, 0.25) is 5.91 Å². The Bertz CT molecular complexity index is 1160. The number of carbonyl (C=O) groups excluding carboxylic acids is 2. The Morgan fingerprint density at radius 2 is 1.78 bits per heavy atom. The maximum atomic E-state index is 12.2. The molecule has 2 N–H and O–H groups in total. The van der Waals surface area contributed by atoms with Gasteiger partial charge < -0.3 is 5.32 Å². The Hall–Kier alpha value is -3.21. The van der Waals surface area contributed by atoms with E-state index in [0.717, 1.165) is 4.57 Å². The van der Waals surface area contributed by atoms with Crippen LogP contribution in [-0.2, 0) is 25.4 Å². The molecule has 11 heteroatoms. The van der Waals surface area contributed by atoms with Crippen LogP contribution in [0.15, 0.2) is 44.7 Å². The molecule has 0 saturated carbocycles. The van der Waals surface area contributed by atoms with Crippen LogP contribution in [-0.4, -0.2) is 30.6 Å². The number of hydrogen-bond acceptors (Lipinski definition) is 5. The zero-order chi connectivity index (χ0) is 19.7. The molecule has 0 saturated heterocycles. The molecule has 0 radical (unpaired) electrons. The number of aryl methyl sites for hydroxylation is 1. The summed E-state index contributed by atoms with van der Waals surface area (Å²) in [4.78, 5) is 52.6. The number of urea groups is 1. The van der Waals surface area contributed by atoms with Crippen molar-refractivity contribution >= 4 is 44.7 Å². The van der Waals surface area contributed by atoms with Gasteiger partial charge in [-0.05, 0) is 28.1 Å². The van der Waals surface area contributed by atoms with Gasteiger partial charge in [-0.25, -0.2) is 14.6 Å². The Labute approximate surface area is 160 Å². The number of anilines is 1. The van der Waals surface area contributed by atoms with E-state index in [9.17, 15) is 19.2 Å². The van der Waals surface area contributed by atoms with Crippen molar-refractivity contribution in [1.82, 2.24) is 24.0 Å². The molecule has 3 amide bonds. The largest absolute Gasteiger partial charge is 0.332 e. The second kappa shape index (κ2) is 7.19. The summed E-state index contributed by atoms with van der Waals surface area (Å²) in [5.41, 5.74) is -0.386. The van der Waals surface area contributed by atoms with Gasteiger partial charge in [-0.2, -0.15) is 0 Å². The molecule has 2 heterocycles. The van der Waals surface area contributed by atoms with Crippen LogP contribution in [0.1, 0.15) is 0 Å². The average molecular weight is 435 g/mol. The predicted molar refractivity (Wildman–Crippen MR) is 102 cm³/mol. The summed E-state index contributed by atoms with van der Waals surface area (Å²) in [7, 11) is 2.81. The van der Waals surface area contributed by atoms with E-state index in [-0.39, 0.29) is 22.4 Å².